The molecule has 128 valence electrons. The fourth-order valence-corrected chi connectivity index (χ4v) is 1.94. The highest BCUT2D eigenvalue weighted by molar-refractivity contribution is 5.83. The predicted octanol–water partition coefficient (Wildman–Crippen LogP) is 3.56. The highest BCUT2D eigenvalue weighted by Gasteiger charge is 2.28. The Morgan fingerprint density at radius 3 is 2.43 bits per heavy atom. The summed E-state index contributed by atoms with van der Waals surface area (Å²) in [5.41, 5.74) is -0.147. The van der Waals surface area contributed by atoms with Crippen molar-refractivity contribution in [1.29, 1.82) is 0 Å². The Bertz CT molecular complexity index is 562. The van der Waals surface area contributed by atoms with Crippen molar-refractivity contribution in [3.8, 4) is 0 Å². The third-order valence-corrected chi connectivity index (χ3v) is 3.23. The quantitative estimate of drug-likeness (QED) is 0.839. The van der Waals surface area contributed by atoms with Gasteiger partial charge in [0.25, 0.3) is 0 Å². The molecule has 1 rings (SSSR count). The van der Waals surface area contributed by atoms with E-state index in [1.54, 1.807) is 33.0 Å². The third kappa shape index (κ3) is 6.67. The first-order valence-electron chi connectivity index (χ1n) is 7.57. The lowest BCUT2D eigenvalue weighted by Crippen LogP contribution is -2.27. The van der Waals surface area contributed by atoms with Crippen molar-refractivity contribution in [3.05, 3.63) is 23.9 Å². The molecule has 0 radical (unpaired) electrons. The first-order chi connectivity index (χ1) is 10.5. The molecule has 0 saturated carbocycles. The summed E-state index contributed by atoms with van der Waals surface area (Å²) in [4.78, 5) is 27.5. The van der Waals surface area contributed by atoms with Gasteiger partial charge in [-0.2, -0.15) is 0 Å². The molecule has 0 spiro atoms. The van der Waals surface area contributed by atoms with Gasteiger partial charge in [-0.3, -0.25) is 10.1 Å². The maximum Gasteiger partial charge on any atom is 0.413 e. The molecule has 0 aliphatic rings. The Morgan fingerprint density at radius 1 is 1.22 bits per heavy atom. The van der Waals surface area contributed by atoms with E-state index in [4.69, 9.17) is 9.47 Å². The van der Waals surface area contributed by atoms with Gasteiger partial charge in [-0.05, 0) is 65.2 Å². The van der Waals surface area contributed by atoms with Crippen LogP contribution in [0.2, 0.25) is 0 Å². The normalized spacial score (nSPS) is 11.7. The number of carbonyl (C=O) groups is 2. The van der Waals surface area contributed by atoms with Crippen molar-refractivity contribution in [2.45, 2.75) is 53.1 Å². The Balaban J connectivity index is 2.67. The number of nitrogens with zero attached hydrogens (tertiary/aromatic N) is 1. The van der Waals surface area contributed by atoms with Crippen LogP contribution < -0.4 is 5.32 Å². The molecule has 1 aromatic rings. The number of amides is 1. The molecular weight excluding hydrogens is 296 g/mol. The highest BCUT2D eigenvalue weighted by Crippen LogP contribution is 2.25. The first-order valence-corrected chi connectivity index (χ1v) is 7.57. The maximum atomic E-state index is 11.8. The predicted molar refractivity (Wildman–Crippen MR) is 88.2 cm³/mol. The van der Waals surface area contributed by atoms with Crippen LogP contribution in [0.3, 0.4) is 0 Å². The fraction of sp³-hybridized carbons (Fsp3) is 0.588. The molecule has 0 unspecified atom stereocenters. The lowest BCUT2D eigenvalue weighted by molar-refractivity contribution is -0.151. The molecule has 0 fully saturated rings. The van der Waals surface area contributed by atoms with Gasteiger partial charge < -0.3 is 9.47 Å². The summed E-state index contributed by atoms with van der Waals surface area (Å²) in [7, 11) is 1.39. The molecule has 1 heterocycles. The molecule has 23 heavy (non-hydrogen) atoms. The largest absolute Gasteiger partial charge is 0.469 e. The van der Waals surface area contributed by atoms with Crippen LogP contribution in [0.15, 0.2) is 18.3 Å². The Kier molecular flexibility index (Phi) is 6.12. The number of aryl methyl sites for hydroxylation is 1. The van der Waals surface area contributed by atoms with Gasteiger partial charge in [-0.15, -0.1) is 0 Å². The van der Waals surface area contributed by atoms with Gasteiger partial charge >= 0.3 is 12.1 Å². The van der Waals surface area contributed by atoms with Crippen LogP contribution in [0.25, 0.3) is 0 Å². The summed E-state index contributed by atoms with van der Waals surface area (Å²) < 4.78 is 9.99. The van der Waals surface area contributed by atoms with Gasteiger partial charge in [0.2, 0.25) is 0 Å². The van der Waals surface area contributed by atoms with E-state index in [1.807, 2.05) is 19.9 Å². The average molecular weight is 322 g/mol. The van der Waals surface area contributed by atoms with Crippen LogP contribution in [-0.4, -0.2) is 29.8 Å². The second-order valence-electron chi connectivity index (χ2n) is 7.05. The number of nitrogens with one attached hydrogen (secondary N) is 1. The molecule has 1 amide bonds. The molecule has 0 saturated heterocycles. The molecular formula is C17H26N2O4. The summed E-state index contributed by atoms with van der Waals surface area (Å²) in [6.07, 6.45) is 2.38. The molecule has 0 atom stereocenters. The van der Waals surface area contributed by atoms with Crippen LogP contribution in [0.5, 0.6) is 0 Å². The minimum absolute atomic E-state index is 0.237. The third-order valence-electron chi connectivity index (χ3n) is 3.23. The molecule has 6 heteroatoms. The van der Waals surface area contributed by atoms with Gasteiger partial charge in [0.15, 0.2) is 0 Å². The van der Waals surface area contributed by atoms with Gasteiger partial charge in [0, 0.05) is 6.20 Å². The number of esters is 1. The number of anilines is 1. The van der Waals surface area contributed by atoms with Gasteiger partial charge in [-0.1, -0.05) is 0 Å². The van der Waals surface area contributed by atoms with Gasteiger partial charge in [0.1, 0.15) is 11.4 Å². The molecule has 0 bridgehead atoms. The molecule has 1 N–H and O–H groups in total. The Morgan fingerprint density at radius 2 is 1.87 bits per heavy atom. The van der Waals surface area contributed by atoms with Crippen molar-refractivity contribution in [2.24, 2.45) is 5.41 Å². The van der Waals surface area contributed by atoms with Crippen LogP contribution in [0.4, 0.5) is 10.6 Å². The zero-order chi connectivity index (χ0) is 17.7. The highest BCUT2D eigenvalue weighted by atomic mass is 16.6. The van der Waals surface area contributed by atoms with Gasteiger partial charge in [-0.25, -0.2) is 9.78 Å². The number of rotatable bonds is 5. The molecule has 0 aliphatic carbocycles. The maximum absolute atomic E-state index is 11.8. The van der Waals surface area contributed by atoms with Crippen molar-refractivity contribution in [2.75, 3.05) is 12.4 Å². The van der Waals surface area contributed by atoms with E-state index in [1.165, 1.54) is 7.11 Å². The minimum atomic E-state index is -0.563. The van der Waals surface area contributed by atoms with Crippen LogP contribution in [0, 0.1) is 5.41 Å². The van der Waals surface area contributed by atoms with Crippen molar-refractivity contribution < 1.29 is 19.1 Å². The SMILES string of the molecule is COC(=O)C(C)(C)CCc1ccnc(NC(=O)OC(C)(C)C)c1. The van der Waals surface area contributed by atoms with E-state index in [-0.39, 0.29) is 5.97 Å². The minimum Gasteiger partial charge on any atom is -0.469 e. The topological polar surface area (TPSA) is 77.5 Å². The zero-order valence-electron chi connectivity index (χ0n) is 14.7. The van der Waals surface area contributed by atoms with E-state index in [0.717, 1.165) is 5.56 Å². The van der Waals surface area contributed by atoms with Crippen molar-refractivity contribution in [1.82, 2.24) is 4.98 Å². The zero-order valence-corrected chi connectivity index (χ0v) is 14.7. The van der Waals surface area contributed by atoms with E-state index < -0.39 is 17.1 Å². The fourth-order valence-electron chi connectivity index (χ4n) is 1.94. The molecule has 0 aromatic carbocycles. The summed E-state index contributed by atoms with van der Waals surface area (Å²) in [5, 5.41) is 2.61. The lowest BCUT2D eigenvalue weighted by atomic mass is 9.86. The molecule has 1 aromatic heterocycles. The van der Waals surface area contributed by atoms with E-state index >= 15 is 0 Å². The number of methoxy groups -OCH3 is 1. The number of ether oxygens (including phenoxy) is 2. The second-order valence-corrected chi connectivity index (χ2v) is 7.05. The van der Waals surface area contributed by atoms with Gasteiger partial charge in [0.05, 0.1) is 12.5 Å². The first kappa shape index (κ1) is 18.9. The second kappa shape index (κ2) is 7.44. The number of hydrogen-bond acceptors (Lipinski definition) is 5. The summed E-state index contributed by atoms with van der Waals surface area (Å²) in [6.45, 7) is 9.09. The van der Waals surface area contributed by atoms with Crippen LogP contribution in [0.1, 0.15) is 46.6 Å². The lowest BCUT2D eigenvalue weighted by Gasteiger charge is -2.21. The monoisotopic (exact) mass is 322 g/mol. The van der Waals surface area contributed by atoms with E-state index in [2.05, 4.69) is 10.3 Å². The Hall–Kier alpha value is -2.11. The van der Waals surface area contributed by atoms with Crippen LogP contribution >= 0.6 is 0 Å². The van der Waals surface area contributed by atoms with Crippen molar-refractivity contribution in [3.63, 3.8) is 0 Å². The summed E-state index contributed by atoms with van der Waals surface area (Å²) in [5.74, 6) is 0.186. The number of hydrogen-bond donors (Lipinski definition) is 1. The van der Waals surface area contributed by atoms with E-state index in [0.29, 0.717) is 18.7 Å². The summed E-state index contributed by atoms with van der Waals surface area (Å²) >= 11 is 0. The van der Waals surface area contributed by atoms with Crippen molar-refractivity contribution >= 4 is 17.9 Å². The molecule has 6 nitrogen and oxygen atoms in total. The van der Waals surface area contributed by atoms with E-state index in [9.17, 15) is 9.59 Å². The number of pyridine rings is 1. The molecule has 0 aliphatic heterocycles. The standard InChI is InChI=1S/C17H26N2O4/c1-16(2,3)23-15(21)19-13-11-12(8-10-18-13)7-9-17(4,5)14(20)22-6/h8,10-11H,7,9H2,1-6H3,(H,18,19,21). The average Bonchev–Trinajstić information content (AvgIpc) is 2.42. The van der Waals surface area contributed by atoms with Crippen LogP contribution in [-0.2, 0) is 20.7 Å². The summed E-state index contributed by atoms with van der Waals surface area (Å²) in [6, 6.07) is 3.63. The Labute approximate surface area is 137 Å². The smallest absolute Gasteiger partial charge is 0.413 e. The number of carbonyl (C=O) groups excluding carboxylic acids is 2. The number of aromatic nitrogens is 1.